The van der Waals surface area contributed by atoms with Gasteiger partial charge in [0.25, 0.3) is 0 Å². The van der Waals surface area contributed by atoms with Crippen LogP contribution in [-0.2, 0) is 16.1 Å². The predicted octanol–water partition coefficient (Wildman–Crippen LogP) is 4.42. The third-order valence-electron chi connectivity index (χ3n) is 3.91. The molecule has 1 aliphatic rings. The summed E-state index contributed by atoms with van der Waals surface area (Å²) in [6.07, 6.45) is 1.30. The molecule has 0 unspecified atom stereocenters. The fourth-order valence-electron chi connectivity index (χ4n) is 2.19. The molecule has 0 bridgehead atoms. The summed E-state index contributed by atoms with van der Waals surface area (Å²) in [5, 5.41) is 3.61. The Morgan fingerprint density at radius 1 is 1.29 bits per heavy atom. The van der Waals surface area contributed by atoms with E-state index in [4.69, 9.17) is 28.9 Å². The molecule has 1 aliphatic heterocycles. The Labute approximate surface area is 137 Å². The van der Waals surface area contributed by atoms with Gasteiger partial charge in [0.05, 0.1) is 32.5 Å². The number of benzene rings is 1. The van der Waals surface area contributed by atoms with E-state index in [0.29, 0.717) is 39.9 Å². The van der Waals surface area contributed by atoms with Crippen molar-refractivity contribution < 1.29 is 4.79 Å². The number of nitrogens with zero attached hydrogens (tertiary/aromatic N) is 2. The molecule has 1 amide bonds. The molecule has 1 heterocycles. The third-order valence-corrected chi connectivity index (χ3v) is 5.02. The summed E-state index contributed by atoms with van der Waals surface area (Å²) in [5.74, 6) is -0.159. The number of rotatable bonds is 5. The monoisotopic (exact) mass is 346 g/mol. The van der Waals surface area contributed by atoms with E-state index in [1.807, 2.05) is 13.8 Å². The molecule has 8 heteroatoms. The van der Waals surface area contributed by atoms with Crippen LogP contribution in [0.1, 0.15) is 26.7 Å². The number of hydrogen-bond donors (Lipinski definition) is 2. The van der Waals surface area contributed by atoms with Crippen LogP contribution in [0.3, 0.4) is 0 Å². The maximum atomic E-state index is 12.6. The summed E-state index contributed by atoms with van der Waals surface area (Å²) in [6.45, 7) is 4.16. The van der Waals surface area contributed by atoms with E-state index >= 15 is 0 Å². The molecule has 0 saturated heterocycles. The van der Waals surface area contributed by atoms with Gasteiger partial charge in [0.2, 0.25) is 5.91 Å². The molecule has 3 N–H and O–H groups in total. The van der Waals surface area contributed by atoms with Crippen molar-refractivity contribution in [3.63, 3.8) is 0 Å². The first-order chi connectivity index (χ1) is 9.99. The number of fused-ring (bicyclic) bond motifs is 1. The number of halogens is 2. The average molecular weight is 347 g/mol. The Bertz CT molecular complexity index is 644. The van der Waals surface area contributed by atoms with E-state index in [9.17, 15) is 4.79 Å². The summed E-state index contributed by atoms with van der Waals surface area (Å²) in [4.78, 5) is 12.6. The molecule has 0 atom stereocenters. The standard InChI is InChI=1S/C13H16Cl2N4OS/c1-3-13(4-2,6-16)12(20)17-9-7(14)5-8(15)10-11(9)19-21-18-10/h5H,3-4,6,16H2,1-2H3,(H,17,20). The molecule has 0 saturated carbocycles. The number of amides is 1. The van der Waals surface area contributed by atoms with Crippen LogP contribution in [0.15, 0.2) is 14.8 Å². The summed E-state index contributed by atoms with van der Waals surface area (Å²) < 4.78 is 8.28. The Morgan fingerprint density at radius 2 is 1.90 bits per heavy atom. The second kappa shape index (κ2) is 6.44. The van der Waals surface area contributed by atoms with Crippen molar-refractivity contribution in [2.75, 3.05) is 11.9 Å². The zero-order valence-corrected chi connectivity index (χ0v) is 14.1. The smallest absolute Gasteiger partial charge is 0.231 e. The van der Waals surface area contributed by atoms with Gasteiger partial charge in [0, 0.05) is 6.54 Å². The number of nitrogens with one attached hydrogen (secondary N) is 1. The van der Waals surface area contributed by atoms with Gasteiger partial charge in [-0.15, -0.1) is 0 Å². The van der Waals surface area contributed by atoms with E-state index in [1.54, 1.807) is 6.07 Å². The van der Waals surface area contributed by atoms with Gasteiger partial charge in [-0.3, -0.25) is 4.79 Å². The van der Waals surface area contributed by atoms with Crippen molar-refractivity contribution in [3.05, 3.63) is 16.1 Å². The van der Waals surface area contributed by atoms with Gasteiger partial charge < -0.3 is 11.1 Å². The maximum Gasteiger partial charge on any atom is 0.231 e. The van der Waals surface area contributed by atoms with Crippen molar-refractivity contribution >= 4 is 57.5 Å². The van der Waals surface area contributed by atoms with Gasteiger partial charge in [-0.05, 0) is 18.9 Å². The van der Waals surface area contributed by atoms with Gasteiger partial charge in [-0.2, -0.15) is 8.73 Å². The summed E-state index contributed by atoms with van der Waals surface area (Å²) in [5.41, 5.74) is 6.66. The molecule has 0 spiro atoms. The van der Waals surface area contributed by atoms with Crippen LogP contribution in [0.5, 0.6) is 0 Å². The highest BCUT2D eigenvalue weighted by Crippen LogP contribution is 2.48. The average Bonchev–Trinajstić information content (AvgIpc) is 2.96. The first-order valence-corrected chi connectivity index (χ1v) is 8.09. The topological polar surface area (TPSA) is 79.8 Å². The van der Waals surface area contributed by atoms with Crippen molar-refractivity contribution in [1.82, 2.24) is 0 Å². The van der Waals surface area contributed by atoms with Crippen molar-refractivity contribution in [2.45, 2.75) is 26.7 Å². The molecule has 0 fully saturated rings. The zero-order chi connectivity index (χ0) is 15.6. The van der Waals surface area contributed by atoms with E-state index in [2.05, 4.69) is 14.0 Å². The third kappa shape index (κ3) is 2.85. The first-order valence-electron chi connectivity index (χ1n) is 6.60. The number of carbonyl (C=O) groups excluding carboxylic acids is 1. The minimum absolute atomic E-state index is 0.159. The van der Waals surface area contributed by atoms with E-state index in [-0.39, 0.29) is 12.5 Å². The lowest BCUT2D eigenvalue weighted by Crippen LogP contribution is -2.41. The summed E-state index contributed by atoms with van der Waals surface area (Å²) in [6, 6.07) is 1.56. The van der Waals surface area contributed by atoms with Crippen LogP contribution in [-0.4, -0.2) is 12.5 Å². The molecular formula is C13H16Cl2N4OS. The zero-order valence-electron chi connectivity index (χ0n) is 11.7. The summed E-state index contributed by atoms with van der Waals surface area (Å²) in [7, 11) is 0. The Morgan fingerprint density at radius 3 is 2.48 bits per heavy atom. The van der Waals surface area contributed by atoms with Gasteiger partial charge in [-0.1, -0.05) is 37.0 Å². The van der Waals surface area contributed by atoms with E-state index in [1.165, 1.54) is 0 Å². The number of carbonyl (C=O) groups is 1. The van der Waals surface area contributed by atoms with Crippen LogP contribution >= 0.6 is 23.2 Å². The van der Waals surface area contributed by atoms with Crippen molar-refractivity contribution in [1.29, 1.82) is 0 Å². The quantitative estimate of drug-likeness (QED) is 0.839. The molecule has 0 radical (unpaired) electrons. The van der Waals surface area contributed by atoms with Crippen molar-refractivity contribution in [3.8, 4) is 0 Å². The molecule has 5 nitrogen and oxygen atoms in total. The lowest BCUT2D eigenvalue weighted by atomic mass is 9.81. The van der Waals surface area contributed by atoms with Crippen LogP contribution in [0.4, 0.5) is 17.1 Å². The van der Waals surface area contributed by atoms with Crippen LogP contribution in [0.2, 0.25) is 10.0 Å². The molecule has 114 valence electrons. The Balaban J connectivity index is 2.40. The van der Waals surface area contributed by atoms with E-state index < -0.39 is 5.41 Å². The van der Waals surface area contributed by atoms with Crippen LogP contribution in [0, 0.1) is 5.41 Å². The molecule has 0 aliphatic carbocycles. The van der Waals surface area contributed by atoms with E-state index in [0.717, 1.165) is 11.4 Å². The highest BCUT2D eigenvalue weighted by molar-refractivity contribution is 7.58. The normalized spacial score (nSPS) is 13.0. The fourth-order valence-corrected chi connectivity index (χ4v) is 3.35. The number of anilines is 1. The SMILES string of the molecule is CCC(CC)(CN)C(=O)Nc1c(Cl)cc(Cl)c2c1N=S=N2. The van der Waals surface area contributed by atoms with Gasteiger partial charge >= 0.3 is 0 Å². The van der Waals surface area contributed by atoms with Crippen LogP contribution in [0.25, 0.3) is 0 Å². The molecule has 21 heavy (non-hydrogen) atoms. The second-order valence-electron chi connectivity index (χ2n) is 4.82. The largest absolute Gasteiger partial charge is 0.329 e. The van der Waals surface area contributed by atoms with Crippen LogP contribution < -0.4 is 11.1 Å². The molecular weight excluding hydrogens is 331 g/mol. The Hall–Kier alpha value is -0.950. The predicted molar refractivity (Wildman–Crippen MR) is 88.7 cm³/mol. The minimum atomic E-state index is -0.612. The van der Waals surface area contributed by atoms with Gasteiger partial charge in [0.15, 0.2) is 0 Å². The fraction of sp³-hybridized carbons (Fsp3) is 0.462. The molecule has 1 aromatic carbocycles. The van der Waals surface area contributed by atoms with Gasteiger partial charge in [0.1, 0.15) is 11.4 Å². The first kappa shape index (κ1) is 16.4. The van der Waals surface area contributed by atoms with Crippen molar-refractivity contribution in [2.24, 2.45) is 19.9 Å². The maximum absolute atomic E-state index is 12.6. The number of hydrogen-bond acceptors (Lipinski definition) is 4. The minimum Gasteiger partial charge on any atom is -0.329 e. The molecule has 2 rings (SSSR count). The van der Waals surface area contributed by atoms with Gasteiger partial charge in [-0.25, -0.2) is 0 Å². The number of nitrogens with two attached hydrogens (primary N) is 1. The lowest BCUT2D eigenvalue weighted by Gasteiger charge is -2.29. The second-order valence-corrected chi connectivity index (χ2v) is 6.17. The highest BCUT2D eigenvalue weighted by atomic mass is 35.5. The summed E-state index contributed by atoms with van der Waals surface area (Å²) >= 11 is 13.3. The Kier molecular flexibility index (Phi) is 5.03. The molecule has 0 aromatic heterocycles. The molecule has 1 aromatic rings. The lowest BCUT2D eigenvalue weighted by molar-refractivity contribution is -0.125. The highest BCUT2D eigenvalue weighted by Gasteiger charge is 2.34.